The molecule has 1 aromatic heterocycles. The molecular weight excluding hydrogens is 304 g/mol. The molecule has 0 aliphatic carbocycles. The SMILES string of the molecule is CC(C)(C)c1cc2c(cc1O)OCC(n1ccnc1)C2=O.Cl. The van der Waals surface area contributed by atoms with Gasteiger partial charge in [0.25, 0.3) is 0 Å². The van der Waals surface area contributed by atoms with Crippen LogP contribution in [0.5, 0.6) is 11.5 Å². The largest absolute Gasteiger partial charge is 0.508 e. The summed E-state index contributed by atoms with van der Waals surface area (Å²) < 4.78 is 7.39. The molecule has 1 unspecified atom stereocenters. The van der Waals surface area contributed by atoms with Gasteiger partial charge in [0.05, 0.1) is 11.9 Å². The zero-order chi connectivity index (χ0) is 15.2. The van der Waals surface area contributed by atoms with Crippen molar-refractivity contribution in [3.05, 3.63) is 42.0 Å². The monoisotopic (exact) mass is 322 g/mol. The Balaban J connectivity index is 0.00000176. The number of carbonyl (C=O) groups excluding carboxylic acids is 1. The van der Waals surface area contributed by atoms with Crippen molar-refractivity contribution in [2.24, 2.45) is 0 Å². The number of hydrogen-bond donors (Lipinski definition) is 1. The Morgan fingerprint density at radius 1 is 1.36 bits per heavy atom. The number of hydrogen-bond acceptors (Lipinski definition) is 4. The summed E-state index contributed by atoms with van der Waals surface area (Å²) >= 11 is 0. The molecule has 0 saturated heterocycles. The fourth-order valence-electron chi connectivity index (χ4n) is 2.58. The third kappa shape index (κ3) is 2.68. The van der Waals surface area contributed by atoms with Crippen molar-refractivity contribution in [2.45, 2.75) is 32.2 Å². The summed E-state index contributed by atoms with van der Waals surface area (Å²) in [5.74, 6) is 0.594. The first-order valence-electron chi connectivity index (χ1n) is 6.90. The number of rotatable bonds is 1. The predicted octanol–water partition coefficient (Wildman–Crippen LogP) is 3.12. The highest BCUT2D eigenvalue weighted by molar-refractivity contribution is 6.02. The van der Waals surface area contributed by atoms with E-state index < -0.39 is 6.04 Å². The van der Waals surface area contributed by atoms with Gasteiger partial charge in [-0.3, -0.25) is 4.79 Å². The highest BCUT2D eigenvalue weighted by Crippen LogP contribution is 2.39. The van der Waals surface area contributed by atoms with Gasteiger partial charge in [0, 0.05) is 24.0 Å². The van der Waals surface area contributed by atoms with Gasteiger partial charge in [-0.15, -0.1) is 12.4 Å². The number of benzene rings is 1. The number of ether oxygens (including phenoxy) is 1. The van der Waals surface area contributed by atoms with Gasteiger partial charge in [0.15, 0.2) is 5.78 Å². The summed E-state index contributed by atoms with van der Waals surface area (Å²) in [5, 5.41) is 10.1. The van der Waals surface area contributed by atoms with Crippen LogP contribution in [0.15, 0.2) is 30.9 Å². The normalized spacial score (nSPS) is 17.4. The molecule has 5 nitrogen and oxygen atoms in total. The number of aromatic hydroxyl groups is 1. The second-order valence-electron chi connectivity index (χ2n) is 6.32. The van der Waals surface area contributed by atoms with Crippen LogP contribution in [-0.4, -0.2) is 27.0 Å². The third-order valence-electron chi connectivity index (χ3n) is 3.76. The molecule has 0 radical (unpaired) electrons. The van der Waals surface area contributed by atoms with Crippen molar-refractivity contribution >= 4 is 18.2 Å². The number of fused-ring (bicyclic) bond motifs is 1. The second kappa shape index (κ2) is 5.65. The van der Waals surface area contributed by atoms with Crippen LogP contribution >= 0.6 is 12.4 Å². The molecule has 118 valence electrons. The molecular formula is C16H19ClN2O3. The fraction of sp³-hybridized carbons (Fsp3) is 0.375. The van der Waals surface area contributed by atoms with Crippen molar-refractivity contribution in [3.63, 3.8) is 0 Å². The number of halogens is 1. The van der Waals surface area contributed by atoms with Crippen molar-refractivity contribution in [3.8, 4) is 11.5 Å². The van der Waals surface area contributed by atoms with Gasteiger partial charge in [0.2, 0.25) is 0 Å². The molecule has 6 heteroatoms. The molecule has 1 N–H and O–H groups in total. The van der Waals surface area contributed by atoms with Crippen LogP contribution in [0.3, 0.4) is 0 Å². The second-order valence-corrected chi connectivity index (χ2v) is 6.32. The first kappa shape index (κ1) is 16.4. The maximum Gasteiger partial charge on any atom is 0.192 e. The van der Waals surface area contributed by atoms with Gasteiger partial charge in [-0.05, 0) is 11.5 Å². The summed E-state index contributed by atoms with van der Waals surface area (Å²) in [7, 11) is 0. The van der Waals surface area contributed by atoms with E-state index in [-0.39, 0.29) is 36.0 Å². The van der Waals surface area contributed by atoms with Crippen LogP contribution in [0.1, 0.15) is 42.7 Å². The van der Waals surface area contributed by atoms with E-state index in [9.17, 15) is 9.90 Å². The van der Waals surface area contributed by atoms with E-state index in [2.05, 4.69) is 4.98 Å². The van der Waals surface area contributed by atoms with E-state index in [1.807, 2.05) is 20.8 Å². The number of phenolic OH excluding ortho intramolecular Hbond substituents is 1. The van der Waals surface area contributed by atoms with Crippen LogP contribution < -0.4 is 4.74 Å². The minimum absolute atomic E-state index is 0. The average Bonchev–Trinajstić information content (AvgIpc) is 2.91. The van der Waals surface area contributed by atoms with Crippen LogP contribution in [0.2, 0.25) is 0 Å². The summed E-state index contributed by atoms with van der Waals surface area (Å²) in [5.41, 5.74) is 1.01. The summed E-state index contributed by atoms with van der Waals surface area (Å²) in [6, 6.07) is 2.88. The molecule has 1 aromatic carbocycles. The lowest BCUT2D eigenvalue weighted by atomic mass is 9.84. The van der Waals surface area contributed by atoms with E-state index in [4.69, 9.17) is 4.74 Å². The number of Topliss-reactive ketones (excluding diaryl/α,β-unsaturated/α-hetero) is 1. The minimum Gasteiger partial charge on any atom is -0.508 e. The first-order chi connectivity index (χ1) is 9.88. The number of imidazole rings is 1. The Kier molecular flexibility index (Phi) is 4.20. The number of carbonyl (C=O) groups is 1. The Morgan fingerprint density at radius 2 is 2.09 bits per heavy atom. The van der Waals surface area contributed by atoms with Gasteiger partial charge < -0.3 is 14.4 Å². The zero-order valence-corrected chi connectivity index (χ0v) is 13.6. The standard InChI is InChI=1S/C16H18N2O3.ClH/c1-16(2,3)11-6-10-14(7-13(11)19)21-8-12(15(10)20)18-5-4-17-9-18;/h4-7,9,12,19H,8H2,1-3H3;1H. The van der Waals surface area contributed by atoms with Crippen LogP contribution in [0.25, 0.3) is 0 Å². The lowest BCUT2D eigenvalue weighted by Crippen LogP contribution is -2.30. The van der Waals surface area contributed by atoms with Gasteiger partial charge in [-0.2, -0.15) is 0 Å². The topological polar surface area (TPSA) is 64.3 Å². The number of nitrogens with zero attached hydrogens (tertiary/aromatic N) is 2. The van der Waals surface area contributed by atoms with Gasteiger partial charge in [0.1, 0.15) is 24.1 Å². The molecule has 0 fully saturated rings. The van der Waals surface area contributed by atoms with Crippen LogP contribution in [-0.2, 0) is 5.41 Å². The molecule has 0 bridgehead atoms. The van der Waals surface area contributed by atoms with Crippen molar-refractivity contribution in [2.75, 3.05) is 6.61 Å². The molecule has 1 aliphatic heterocycles. The van der Waals surface area contributed by atoms with Crippen LogP contribution in [0, 0.1) is 0 Å². The number of phenols is 1. The van der Waals surface area contributed by atoms with Gasteiger partial charge in [-0.1, -0.05) is 20.8 Å². The molecule has 0 saturated carbocycles. The summed E-state index contributed by atoms with van der Waals surface area (Å²) in [4.78, 5) is 16.7. The molecule has 1 aliphatic rings. The average molecular weight is 323 g/mol. The molecule has 0 amide bonds. The van der Waals surface area contributed by atoms with Gasteiger partial charge >= 0.3 is 0 Å². The zero-order valence-electron chi connectivity index (χ0n) is 12.7. The smallest absolute Gasteiger partial charge is 0.192 e. The van der Waals surface area contributed by atoms with E-state index in [0.29, 0.717) is 11.3 Å². The Hall–Kier alpha value is -2.01. The highest BCUT2D eigenvalue weighted by Gasteiger charge is 2.32. The molecule has 1 atom stereocenters. The fourth-order valence-corrected chi connectivity index (χ4v) is 2.58. The van der Waals surface area contributed by atoms with Gasteiger partial charge in [-0.25, -0.2) is 4.98 Å². The van der Waals surface area contributed by atoms with Crippen LogP contribution in [0.4, 0.5) is 0 Å². The number of ketones is 1. The Bertz CT molecular complexity index is 690. The summed E-state index contributed by atoms with van der Waals surface area (Å²) in [6.45, 7) is 6.23. The lowest BCUT2D eigenvalue weighted by molar-refractivity contribution is 0.0840. The summed E-state index contributed by atoms with van der Waals surface area (Å²) in [6.07, 6.45) is 5.00. The Morgan fingerprint density at radius 3 is 2.68 bits per heavy atom. The van der Waals surface area contributed by atoms with Crippen molar-refractivity contribution in [1.29, 1.82) is 0 Å². The third-order valence-corrected chi connectivity index (χ3v) is 3.76. The Labute approximate surface area is 135 Å². The maximum atomic E-state index is 12.7. The lowest BCUT2D eigenvalue weighted by Gasteiger charge is -2.28. The minimum atomic E-state index is -0.405. The molecule has 2 aromatic rings. The molecule has 2 heterocycles. The van der Waals surface area contributed by atoms with Crippen molar-refractivity contribution in [1.82, 2.24) is 9.55 Å². The molecule has 3 rings (SSSR count). The van der Waals surface area contributed by atoms with E-state index >= 15 is 0 Å². The first-order valence-corrected chi connectivity index (χ1v) is 6.90. The predicted molar refractivity (Wildman–Crippen MR) is 85.1 cm³/mol. The number of aromatic nitrogens is 2. The maximum absolute atomic E-state index is 12.7. The molecule has 22 heavy (non-hydrogen) atoms. The quantitative estimate of drug-likeness (QED) is 0.876. The van der Waals surface area contributed by atoms with E-state index in [1.54, 1.807) is 29.4 Å². The van der Waals surface area contributed by atoms with E-state index in [1.165, 1.54) is 6.07 Å². The molecule has 0 spiro atoms. The van der Waals surface area contributed by atoms with E-state index in [0.717, 1.165) is 5.56 Å². The van der Waals surface area contributed by atoms with Crippen molar-refractivity contribution < 1.29 is 14.6 Å². The highest BCUT2D eigenvalue weighted by atomic mass is 35.5.